The van der Waals surface area contributed by atoms with Crippen molar-refractivity contribution in [2.45, 2.75) is 44.6 Å². The molecule has 0 aliphatic heterocycles. The SMILES string of the molecule is CCOC1(CN)CCCC12CC2. The van der Waals surface area contributed by atoms with Gasteiger partial charge in [0.25, 0.3) is 0 Å². The van der Waals surface area contributed by atoms with Crippen LogP contribution in [0.1, 0.15) is 39.0 Å². The van der Waals surface area contributed by atoms with Crippen molar-refractivity contribution < 1.29 is 4.74 Å². The van der Waals surface area contributed by atoms with Crippen molar-refractivity contribution in [1.82, 2.24) is 0 Å². The highest BCUT2D eigenvalue weighted by Gasteiger charge is 2.61. The van der Waals surface area contributed by atoms with Crippen molar-refractivity contribution >= 4 is 0 Å². The molecule has 0 bridgehead atoms. The molecule has 0 amide bonds. The van der Waals surface area contributed by atoms with E-state index in [1.807, 2.05) is 0 Å². The highest BCUT2D eigenvalue weighted by Crippen LogP contribution is 2.64. The summed E-state index contributed by atoms with van der Waals surface area (Å²) in [5.41, 5.74) is 6.43. The number of ether oxygens (including phenoxy) is 1. The zero-order valence-corrected chi connectivity index (χ0v) is 7.94. The lowest BCUT2D eigenvalue weighted by Gasteiger charge is -2.34. The maximum absolute atomic E-state index is 5.89. The topological polar surface area (TPSA) is 35.2 Å². The van der Waals surface area contributed by atoms with E-state index >= 15 is 0 Å². The Kier molecular flexibility index (Phi) is 1.92. The van der Waals surface area contributed by atoms with E-state index in [2.05, 4.69) is 6.92 Å². The molecule has 1 unspecified atom stereocenters. The van der Waals surface area contributed by atoms with Gasteiger partial charge in [-0.2, -0.15) is 0 Å². The average molecular weight is 169 g/mol. The van der Waals surface area contributed by atoms with E-state index in [0.717, 1.165) is 13.2 Å². The largest absolute Gasteiger partial charge is 0.373 e. The maximum Gasteiger partial charge on any atom is 0.0859 e. The minimum atomic E-state index is 0.0712. The van der Waals surface area contributed by atoms with Crippen LogP contribution in [0.4, 0.5) is 0 Å². The minimum absolute atomic E-state index is 0.0712. The van der Waals surface area contributed by atoms with Crippen molar-refractivity contribution in [2.75, 3.05) is 13.2 Å². The molecule has 2 aliphatic carbocycles. The highest BCUT2D eigenvalue weighted by atomic mass is 16.5. The van der Waals surface area contributed by atoms with Crippen molar-refractivity contribution in [3.63, 3.8) is 0 Å². The summed E-state index contributed by atoms with van der Waals surface area (Å²) in [5.74, 6) is 0. The first-order chi connectivity index (χ1) is 5.79. The predicted molar refractivity (Wildman–Crippen MR) is 48.9 cm³/mol. The molecule has 0 heterocycles. The molecule has 2 saturated carbocycles. The van der Waals surface area contributed by atoms with Gasteiger partial charge < -0.3 is 10.5 Å². The van der Waals surface area contributed by atoms with Gasteiger partial charge in [-0.3, -0.25) is 0 Å². The highest BCUT2D eigenvalue weighted by molar-refractivity contribution is 5.13. The van der Waals surface area contributed by atoms with Crippen LogP contribution in [-0.2, 0) is 4.74 Å². The third-order valence-electron chi connectivity index (χ3n) is 3.81. The van der Waals surface area contributed by atoms with Crippen LogP contribution in [0.3, 0.4) is 0 Å². The summed E-state index contributed by atoms with van der Waals surface area (Å²) in [5, 5.41) is 0. The van der Waals surface area contributed by atoms with Crippen LogP contribution in [0.2, 0.25) is 0 Å². The summed E-state index contributed by atoms with van der Waals surface area (Å²) in [7, 11) is 0. The lowest BCUT2D eigenvalue weighted by molar-refractivity contribution is -0.0698. The first-order valence-corrected chi connectivity index (χ1v) is 5.13. The fourth-order valence-electron chi connectivity index (χ4n) is 2.94. The van der Waals surface area contributed by atoms with Crippen LogP contribution in [-0.4, -0.2) is 18.8 Å². The Balaban J connectivity index is 2.14. The van der Waals surface area contributed by atoms with E-state index in [-0.39, 0.29) is 5.60 Å². The lowest BCUT2D eigenvalue weighted by Crippen LogP contribution is -2.45. The third kappa shape index (κ3) is 0.944. The average Bonchev–Trinajstić information content (AvgIpc) is 2.75. The molecule has 70 valence electrons. The van der Waals surface area contributed by atoms with Crippen LogP contribution in [0.5, 0.6) is 0 Å². The Morgan fingerprint density at radius 1 is 1.25 bits per heavy atom. The van der Waals surface area contributed by atoms with Gasteiger partial charge in [-0.25, -0.2) is 0 Å². The molecule has 1 atom stereocenters. The van der Waals surface area contributed by atoms with Gasteiger partial charge >= 0.3 is 0 Å². The summed E-state index contributed by atoms with van der Waals surface area (Å²) in [6.07, 6.45) is 6.56. The van der Waals surface area contributed by atoms with E-state index in [9.17, 15) is 0 Å². The van der Waals surface area contributed by atoms with E-state index in [1.165, 1.54) is 32.1 Å². The Hall–Kier alpha value is -0.0800. The first-order valence-electron chi connectivity index (χ1n) is 5.13. The summed E-state index contributed by atoms with van der Waals surface area (Å²) >= 11 is 0. The van der Waals surface area contributed by atoms with Gasteiger partial charge in [0.15, 0.2) is 0 Å². The monoisotopic (exact) mass is 169 g/mol. The first kappa shape index (κ1) is 8.52. The van der Waals surface area contributed by atoms with Crippen LogP contribution in [0.25, 0.3) is 0 Å². The van der Waals surface area contributed by atoms with Gasteiger partial charge in [-0.1, -0.05) is 0 Å². The Morgan fingerprint density at radius 3 is 2.50 bits per heavy atom. The molecule has 2 heteroatoms. The molecular weight excluding hydrogens is 150 g/mol. The second kappa shape index (κ2) is 2.71. The van der Waals surface area contributed by atoms with E-state index in [0.29, 0.717) is 5.41 Å². The van der Waals surface area contributed by atoms with Crippen molar-refractivity contribution in [3.8, 4) is 0 Å². The quantitative estimate of drug-likeness (QED) is 0.697. The number of rotatable bonds is 3. The van der Waals surface area contributed by atoms with E-state index < -0.39 is 0 Å². The third-order valence-corrected chi connectivity index (χ3v) is 3.81. The van der Waals surface area contributed by atoms with Gasteiger partial charge in [-0.15, -0.1) is 0 Å². The molecule has 0 aromatic rings. The normalized spacial score (nSPS) is 37.5. The molecule has 2 nitrogen and oxygen atoms in total. The number of nitrogens with two attached hydrogens (primary N) is 1. The number of hydrogen-bond donors (Lipinski definition) is 1. The molecule has 0 radical (unpaired) electrons. The molecule has 0 aromatic heterocycles. The van der Waals surface area contributed by atoms with E-state index in [1.54, 1.807) is 0 Å². The smallest absolute Gasteiger partial charge is 0.0859 e. The van der Waals surface area contributed by atoms with Crippen LogP contribution in [0.15, 0.2) is 0 Å². The molecule has 0 saturated heterocycles. The fourth-order valence-corrected chi connectivity index (χ4v) is 2.94. The molecule has 2 fully saturated rings. The van der Waals surface area contributed by atoms with Gasteiger partial charge in [0, 0.05) is 18.6 Å². The summed E-state index contributed by atoms with van der Waals surface area (Å²) in [6, 6.07) is 0. The summed E-state index contributed by atoms with van der Waals surface area (Å²) in [4.78, 5) is 0. The molecule has 1 spiro atoms. The van der Waals surface area contributed by atoms with Gasteiger partial charge in [0.05, 0.1) is 5.60 Å². The van der Waals surface area contributed by atoms with Gasteiger partial charge in [0.2, 0.25) is 0 Å². The Morgan fingerprint density at radius 2 is 2.00 bits per heavy atom. The standard InChI is InChI=1S/C10H19NO/c1-2-12-10(8-11)5-3-4-9(10)6-7-9/h2-8,11H2,1H3. The second-order valence-electron chi connectivity index (χ2n) is 4.27. The van der Waals surface area contributed by atoms with E-state index in [4.69, 9.17) is 10.5 Å². The second-order valence-corrected chi connectivity index (χ2v) is 4.27. The summed E-state index contributed by atoms with van der Waals surface area (Å²) < 4.78 is 5.89. The predicted octanol–water partition coefficient (Wildman–Crippen LogP) is 1.68. The molecule has 2 aliphatic rings. The minimum Gasteiger partial charge on any atom is -0.373 e. The molecule has 2 N–H and O–H groups in total. The zero-order valence-electron chi connectivity index (χ0n) is 7.94. The van der Waals surface area contributed by atoms with Crippen LogP contribution >= 0.6 is 0 Å². The molecular formula is C10H19NO. The lowest BCUT2D eigenvalue weighted by atomic mass is 9.87. The van der Waals surface area contributed by atoms with Gasteiger partial charge in [0.1, 0.15) is 0 Å². The van der Waals surface area contributed by atoms with Gasteiger partial charge in [-0.05, 0) is 39.0 Å². The van der Waals surface area contributed by atoms with Crippen molar-refractivity contribution in [2.24, 2.45) is 11.1 Å². The van der Waals surface area contributed by atoms with Crippen LogP contribution < -0.4 is 5.73 Å². The van der Waals surface area contributed by atoms with Crippen molar-refractivity contribution in [1.29, 1.82) is 0 Å². The Labute approximate surface area is 74.5 Å². The molecule has 12 heavy (non-hydrogen) atoms. The van der Waals surface area contributed by atoms with Crippen molar-refractivity contribution in [3.05, 3.63) is 0 Å². The maximum atomic E-state index is 5.89. The fraction of sp³-hybridized carbons (Fsp3) is 1.00. The summed E-state index contributed by atoms with van der Waals surface area (Å²) in [6.45, 7) is 3.62. The van der Waals surface area contributed by atoms with Crippen LogP contribution in [0, 0.1) is 5.41 Å². The Bertz CT molecular complexity index is 177. The molecule has 2 rings (SSSR count). The number of hydrogen-bond acceptors (Lipinski definition) is 2. The zero-order chi connectivity index (χ0) is 8.66. The molecule has 0 aromatic carbocycles.